The molecule has 0 aromatic heterocycles. The fourth-order valence-electron chi connectivity index (χ4n) is 2.16. The standard InChI is InChI=1S/C15H21NO2/c1-12-6-7-15-14(10-12)16(13(2)11-18-15)8-4-5-9-17-3/h6-7,10H,2,4-5,8-9,11H2,1,3H3. The first-order chi connectivity index (χ1) is 8.72. The monoisotopic (exact) mass is 247 g/mol. The topological polar surface area (TPSA) is 21.7 Å². The highest BCUT2D eigenvalue weighted by Crippen LogP contribution is 2.35. The van der Waals surface area contributed by atoms with Gasteiger partial charge in [-0.2, -0.15) is 0 Å². The van der Waals surface area contributed by atoms with Gasteiger partial charge in [0.05, 0.1) is 5.69 Å². The van der Waals surface area contributed by atoms with Crippen molar-refractivity contribution in [3.63, 3.8) is 0 Å². The molecule has 0 unspecified atom stereocenters. The average Bonchev–Trinajstić information content (AvgIpc) is 2.36. The van der Waals surface area contributed by atoms with Crippen LogP contribution in [0.3, 0.4) is 0 Å². The van der Waals surface area contributed by atoms with Crippen LogP contribution in [0.25, 0.3) is 0 Å². The number of rotatable bonds is 5. The molecular formula is C15H21NO2. The minimum absolute atomic E-state index is 0.584. The summed E-state index contributed by atoms with van der Waals surface area (Å²) in [7, 11) is 1.74. The van der Waals surface area contributed by atoms with Gasteiger partial charge < -0.3 is 14.4 Å². The average molecular weight is 247 g/mol. The Labute approximate surface area is 109 Å². The number of ether oxygens (including phenoxy) is 2. The second-order valence-electron chi connectivity index (χ2n) is 4.68. The third-order valence-electron chi connectivity index (χ3n) is 3.16. The van der Waals surface area contributed by atoms with Crippen LogP contribution in [0.1, 0.15) is 18.4 Å². The van der Waals surface area contributed by atoms with Crippen molar-refractivity contribution in [1.29, 1.82) is 0 Å². The van der Waals surface area contributed by atoms with E-state index in [0.717, 1.165) is 43.1 Å². The van der Waals surface area contributed by atoms with Gasteiger partial charge in [0.15, 0.2) is 0 Å². The lowest BCUT2D eigenvalue weighted by atomic mass is 10.1. The van der Waals surface area contributed by atoms with Crippen molar-refractivity contribution < 1.29 is 9.47 Å². The number of anilines is 1. The van der Waals surface area contributed by atoms with E-state index in [1.807, 2.05) is 6.07 Å². The molecule has 0 aliphatic carbocycles. The van der Waals surface area contributed by atoms with Gasteiger partial charge in [-0.05, 0) is 37.5 Å². The summed E-state index contributed by atoms with van der Waals surface area (Å²) in [5, 5.41) is 0. The maximum atomic E-state index is 5.68. The zero-order chi connectivity index (χ0) is 13.0. The fourth-order valence-corrected chi connectivity index (χ4v) is 2.16. The summed E-state index contributed by atoms with van der Waals surface area (Å²) >= 11 is 0. The zero-order valence-corrected chi connectivity index (χ0v) is 11.2. The quantitative estimate of drug-likeness (QED) is 0.746. The Hall–Kier alpha value is -1.48. The maximum absolute atomic E-state index is 5.68. The van der Waals surface area contributed by atoms with Crippen molar-refractivity contribution in [2.24, 2.45) is 0 Å². The van der Waals surface area contributed by atoms with Gasteiger partial charge in [-0.1, -0.05) is 12.6 Å². The van der Waals surface area contributed by atoms with Crippen LogP contribution in [-0.2, 0) is 4.74 Å². The number of benzene rings is 1. The molecule has 1 heterocycles. The van der Waals surface area contributed by atoms with Crippen molar-refractivity contribution in [3.8, 4) is 5.75 Å². The number of unbranched alkanes of at least 4 members (excludes halogenated alkanes) is 1. The summed E-state index contributed by atoms with van der Waals surface area (Å²) in [5.74, 6) is 0.958. The Bertz CT molecular complexity index is 429. The van der Waals surface area contributed by atoms with E-state index in [-0.39, 0.29) is 0 Å². The molecule has 98 valence electrons. The van der Waals surface area contributed by atoms with Gasteiger partial charge >= 0.3 is 0 Å². The molecule has 1 aliphatic rings. The Kier molecular flexibility index (Phi) is 4.26. The lowest BCUT2D eigenvalue weighted by Crippen LogP contribution is -2.31. The highest BCUT2D eigenvalue weighted by Gasteiger charge is 2.20. The first kappa shape index (κ1) is 13.0. The van der Waals surface area contributed by atoms with Crippen LogP contribution in [0.2, 0.25) is 0 Å². The molecule has 0 fully saturated rings. The molecule has 0 amide bonds. The second kappa shape index (κ2) is 5.91. The van der Waals surface area contributed by atoms with E-state index in [2.05, 4.69) is 30.5 Å². The maximum Gasteiger partial charge on any atom is 0.143 e. The molecule has 1 aliphatic heterocycles. The number of nitrogens with zero attached hydrogens (tertiary/aromatic N) is 1. The molecule has 0 saturated heterocycles. The van der Waals surface area contributed by atoms with E-state index in [1.165, 1.54) is 5.56 Å². The van der Waals surface area contributed by atoms with Gasteiger partial charge in [0, 0.05) is 26.0 Å². The predicted octanol–water partition coefficient (Wildman–Crippen LogP) is 3.13. The number of methoxy groups -OCH3 is 1. The molecule has 0 N–H and O–H groups in total. The molecular weight excluding hydrogens is 226 g/mol. The molecule has 18 heavy (non-hydrogen) atoms. The summed E-state index contributed by atoms with van der Waals surface area (Å²) in [6.45, 7) is 8.57. The van der Waals surface area contributed by atoms with Crippen molar-refractivity contribution in [2.75, 3.05) is 31.8 Å². The third-order valence-corrected chi connectivity index (χ3v) is 3.16. The Morgan fingerprint density at radius 3 is 3.00 bits per heavy atom. The van der Waals surface area contributed by atoms with Gasteiger partial charge in [0.1, 0.15) is 12.4 Å². The molecule has 2 rings (SSSR count). The van der Waals surface area contributed by atoms with Crippen LogP contribution < -0.4 is 9.64 Å². The van der Waals surface area contributed by atoms with Crippen molar-refractivity contribution in [3.05, 3.63) is 36.0 Å². The number of fused-ring (bicyclic) bond motifs is 1. The molecule has 0 saturated carbocycles. The van der Waals surface area contributed by atoms with E-state index in [1.54, 1.807) is 7.11 Å². The van der Waals surface area contributed by atoms with Gasteiger partial charge in [-0.15, -0.1) is 0 Å². The van der Waals surface area contributed by atoms with Crippen molar-refractivity contribution in [1.82, 2.24) is 0 Å². The highest BCUT2D eigenvalue weighted by molar-refractivity contribution is 5.65. The first-order valence-corrected chi connectivity index (χ1v) is 6.40. The molecule has 3 heteroatoms. The van der Waals surface area contributed by atoms with Gasteiger partial charge in [0.25, 0.3) is 0 Å². The van der Waals surface area contributed by atoms with E-state index in [0.29, 0.717) is 6.61 Å². The molecule has 0 bridgehead atoms. The Morgan fingerprint density at radius 2 is 2.22 bits per heavy atom. The third kappa shape index (κ3) is 2.85. The number of hydrogen-bond donors (Lipinski definition) is 0. The normalized spacial score (nSPS) is 14.3. The first-order valence-electron chi connectivity index (χ1n) is 6.40. The van der Waals surface area contributed by atoms with Crippen LogP contribution >= 0.6 is 0 Å². The fraction of sp³-hybridized carbons (Fsp3) is 0.467. The Morgan fingerprint density at radius 1 is 1.39 bits per heavy atom. The second-order valence-corrected chi connectivity index (χ2v) is 4.68. The van der Waals surface area contributed by atoms with Crippen LogP contribution in [0.4, 0.5) is 5.69 Å². The highest BCUT2D eigenvalue weighted by atomic mass is 16.5. The lowest BCUT2D eigenvalue weighted by molar-refractivity contribution is 0.193. The molecule has 0 spiro atoms. The van der Waals surface area contributed by atoms with Crippen molar-refractivity contribution in [2.45, 2.75) is 19.8 Å². The van der Waals surface area contributed by atoms with Crippen LogP contribution in [0, 0.1) is 6.92 Å². The molecule has 1 aromatic carbocycles. The summed E-state index contributed by atoms with van der Waals surface area (Å²) in [5.41, 5.74) is 3.42. The van der Waals surface area contributed by atoms with Gasteiger partial charge in [-0.25, -0.2) is 0 Å². The Balaban J connectivity index is 2.09. The van der Waals surface area contributed by atoms with E-state index in [9.17, 15) is 0 Å². The number of aryl methyl sites for hydroxylation is 1. The van der Waals surface area contributed by atoms with Crippen LogP contribution in [0.15, 0.2) is 30.5 Å². The van der Waals surface area contributed by atoms with Crippen molar-refractivity contribution >= 4 is 5.69 Å². The van der Waals surface area contributed by atoms with Gasteiger partial charge in [-0.3, -0.25) is 0 Å². The summed E-state index contributed by atoms with van der Waals surface area (Å²) in [6, 6.07) is 6.28. The predicted molar refractivity (Wildman–Crippen MR) is 74.3 cm³/mol. The molecule has 1 aromatic rings. The van der Waals surface area contributed by atoms with Crippen LogP contribution in [-0.4, -0.2) is 26.9 Å². The van der Waals surface area contributed by atoms with E-state index >= 15 is 0 Å². The minimum Gasteiger partial charge on any atom is -0.485 e. The van der Waals surface area contributed by atoms with E-state index in [4.69, 9.17) is 9.47 Å². The smallest absolute Gasteiger partial charge is 0.143 e. The van der Waals surface area contributed by atoms with E-state index < -0.39 is 0 Å². The minimum atomic E-state index is 0.584. The SMILES string of the molecule is C=C1COc2ccc(C)cc2N1CCCCOC. The largest absolute Gasteiger partial charge is 0.485 e. The lowest BCUT2D eigenvalue weighted by Gasteiger charge is -2.33. The summed E-state index contributed by atoms with van der Waals surface area (Å²) < 4.78 is 10.8. The van der Waals surface area contributed by atoms with Gasteiger partial charge in [0.2, 0.25) is 0 Å². The molecule has 0 atom stereocenters. The summed E-state index contributed by atoms with van der Waals surface area (Å²) in [4.78, 5) is 2.27. The molecule has 0 radical (unpaired) electrons. The zero-order valence-electron chi connectivity index (χ0n) is 11.2. The summed E-state index contributed by atoms with van der Waals surface area (Å²) in [6.07, 6.45) is 2.17. The molecule has 3 nitrogen and oxygen atoms in total. The van der Waals surface area contributed by atoms with Crippen LogP contribution in [0.5, 0.6) is 5.75 Å². The number of hydrogen-bond acceptors (Lipinski definition) is 3.